The molecule has 1 saturated carbocycles. The lowest BCUT2D eigenvalue weighted by Gasteiger charge is -2.27. The summed E-state index contributed by atoms with van der Waals surface area (Å²) in [6, 6.07) is 0.828. The molecule has 2 aliphatic rings. The Morgan fingerprint density at radius 1 is 1.12 bits per heavy atom. The Bertz CT molecular complexity index is 209. The molecule has 0 aromatic heterocycles. The van der Waals surface area contributed by atoms with Crippen molar-refractivity contribution in [3.8, 4) is 0 Å². The molecule has 1 saturated heterocycles. The fourth-order valence-corrected chi connectivity index (χ4v) is 3.43. The number of hydrogen-bond acceptors (Lipinski definition) is 2. The predicted molar refractivity (Wildman–Crippen MR) is 74.3 cm³/mol. The highest BCUT2D eigenvalue weighted by atomic mass is 15.2. The number of nitrogens with zero attached hydrogens (tertiary/aromatic N) is 1. The molecule has 1 N–H and O–H groups in total. The number of rotatable bonds is 6. The van der Waals surface area contributed by atoms with Crippen LogP contribution >= 0.6 is 0 Å². The number of nitrogens with one attached hydrogen (secondary N) is 1. The summed E-state index contributed by atoms with van der Waals surface area (Å²) in [5.74, 6) is 1.79. The first-order chi connectivity index (χ1) is 8.25. The quantitative estimate of drug-likeness (QED) is 0.765. The first-order valence-corrected chi connectivity index (χ1v) is 7.70. The lowest BCUT2D eigenvalue weighted by atomic mass is 10.1. The van der Waals surface area contributed by atoms with Crippen LogP contribution in [0.3, 0.4) is 0 Å². The van der Waals surface area contributed by atoms with E-state index in [0.29, 0.717) is 0 Å². The third kappa shape index (κ3) is 4.26. The minimum absolute atomic E-state index is 0.777. The zero-order valence-electron chi connectivity index (χ0n) is 11.8. The summed E-state index contributed by atoms with van der Waals surface area (Å²) >= 11 is 0. The second kappa shape index (κ2) is 6.75. The second-order valence-corrected chi connectivity index (χ2v) is 6.49. The van der Waals surface area contributed by atoms with Gasteiger partial charge in [-0.3, -0.25) is 4.90 Å². The van der Waals surface area contributed by atoms with E-state index in [1.165, 1.54) is 64.7 Å². The highest BCUT2D eigenvalue weighted by Crippen LogP contribution is 2.28. The Hall–Kier alpha value is -0.0800. The third-order valence-corrected chi connectivity index (χ3v) is 4.40. The van der Waals surface area contributed by atoms with Crippen LogP contribution in [-0.4, -0.2) is 37.1 Å². The number of likely N-dealkylation sites (tertiary alicyclic amines) is 1. The first kappa shape index (κ1) is 13.4. The van der Waals surface area contributed by atoms with Crippen molar-refractivity contribution >= 4 is 0 Å². The molecule has 2 heteroatoms. The first-order valence-electron chi connectivity index (χ1n) is 7.70. The van der Waals surface area contributed by atoms with Crippen LogP contribution < -0.4 is 5.32 Å². The van der Waals surface area contributed by atoms with E-state index in [4.69, 9.17) is 0 Å². The summed E-state index contributed by atoms with van der Waals surface area (Å²) in [4.78, 5) is 2.77. The Morgan fingerprint density at radius 2 is 1.88 bits per heavy atom. The summed E-state index contributed by atoms with van der Waals surface area (Å²) in [6.45, 7) is 9.70. The van der Waals surface area contributed by atoms with Gasteiger partial charge in [0.25, 0.3) is 0 Å². The van der Waals surface area contributed by atoms with Crippen LogP contribution in [0.15, 0.2) is 0 Å². The second-order valence-electron chi connectivity index (χ2n) is 6.49. The zero-order valence-corrected chi connectivity index (χ0v) is 11.8. The molecule has 0 amide bonds. The highest BCUT2D eigenvalue weighted by Gasteiger charge is 2.27. The highest BCUT2D eigenvalue weighted by molar-refractivity contribution is 4.83. The normalized spacial score (nSPS) is 27.4. The van der Waals surface area contributed by atoms with Gasteiger partial charge < -0.3 is 5.32 Å². The predicted octanol–water partition coefficient (Wildman–Crippen LogP) is 2.89. The molecule has 1 aliphatic carbocycles. The van der Waals surface area contributed by atoms with E-state index in [1.54, 1.807) is 0 Å². The molecule has 17 heavy (non-hydrogen) atoms. The standard InChI is InChI=1S/C15H30N2/c1-13(2)10-16-11-15-8-5-9-17(15)12-14-6-3-4-7-14/h13-16H,3-12H2,1-2H3. The fraction of sp³-hybridized carbons (Fsp3) is 1.00. The third-order valence-electron chi connectivity index (χ3n) is 4.40. The van der Waals surface area contributed by atoms with Crippen molar-refractivity contribution in [3.63, 3.8) is 0 Å². The summed E-state index contributed by atoms with van der Waals surface area (Å²) in [7, 11) is 0. The van der Waals surface area contributed by atoms with Gasteiger partial charge in [-0.1, -0.05) is 26.7 Å². The topological polar surface area (TPSA) is 15.3 Å². The smallest absolute Gasteiger partial charge is 0.0221 e. The van der Waals surface area contributed by atoms with Crippen molar-refractivity contribution in [1.82, 2.24) is 10.2 Å². The maximum atomic E-state index is 3.64. The average molecular weight is 238 g/mol. The van der Waals surface area contributed by atoms with E-state index in [1.807, 2.05) is 0 Å². The van der Waals surface area contributed by atoms with Gasteiger partial charge in [0, 0.05) is 19.1 Å². The van der Waals surface area contributed by atoms with Crippen LogP contribution in [0.2, 0.25) is 0 Å². The van der Waals surface area contributed by atoms with Gasteiger partial charge in [0.1, 0.15) is 0 Å². The van der Waals surface area contributed by atoms with Crippen molar-refractivity contribution in [2.45, 2.75) is 58.4 Å². The van der Waals surface area contributed by atoms with Crippen LogP contribution in [0, 0.1) is 11.8 Å². The van der Waals surface area contributed by atoms with Crippen LogP contribution in [0.4, 0.5) is 0 Å². The van der Waals surface area contributed by atoms with E-state index in [9.17, 15) is 0 Å². The van der Waals surface area contributed by atoms with E-state index in [0.717, 1.165) is 17.9 Å². The van der Waals surface area contributed by atoms with Gasteiger partial charge in [-0.2, -0.15) is 0 Å². The maximum absolute atomic E-state index is 3.64. The average Bonchev–Trinajstić information content (AvgIpc) is 2.91. The van der Waals surface area contributed by atoms with Gasteiger partial charge in [-0.15, -0.1) is 0 Å². The molecule has 1 aliphatic heterocycles. The molecule has 0 aromatic carbocycles. The number of hydrogen-bond donors (Lipinski definition) is 1. The van der Waals surface area contributed by atoms with Crippen LogP contribution in [0.1, 0.15) is 52.4 Å². The Labute approximate surface area is 107 Å². The lowest BCUT2D eigenvalue weighted by molar-refractivity contribution is 0.210. The molecule has 0 aromatic rings. The molecule has 1 atom stereocenters. The van der Waals surface area contributed by atoms with Gasteiger partial charge in [0.15, 0.2) is 0 Å². The van der Waals surface area contributed by atoms with Gasteiger partial charge in [0.2, 0.25) is 0 Å². The molecule has 1 heterocycles. The molecule has 1 unspecified atom stereocenters. The molecule has 100 valence electrons. The molecular weight excluding hydrogens is 208 g/mol. The van der Waals surface area contributed by atoms with E-state index in [-0.39, 0.29) is 0 Å². The lowest BCUT2D eigenvalue weighted by Crippen LogP contribution is -2.40. The van der Waals surface area contributed by atoms with Crippen LogP contribution in [0.25, 0.3) is 0 Å². The minimum Gasteiger partial charge on any atom is -0.315 e. The molecule has 2 fully saturated rings. The molecule has 2 nitrogen and oxygen atoms in total. The summed E-state index contributed by atoms with van der Waals surface area (Å²) in [5.41, 5.74) is 0. The zero-order chi connectivity index (χ0) is 12.1. The largest absolute Gasteiger partial charge is 0.315 e. The summed E-state index contributed by atoms with van der Waals surface area (Å²) in [5, 5.41) is 3.64. The Kier molecular flexibility index (Phi) is 5.30. The Balaban J connectivity index is 1.68. The van der Waals surface area contributed by atoms with Crippen molar-refractivity contribution in [2.24, 2.45) is 11.8 Å². The van der Waals surface area contributed by atoms with E-state index in [2.05, 4.69) is 24.1 Å². The summed E-state index contributed by atoms with van der Waals surface area (Å²) < 4.78 is 0. The maximum Gasteiger partial charge on any atom is 0.0221 e. The van der Waals surface area contributed by atoms with Gasteiger partial charge >= 0.3 is 0 Å². The van der Waals surface area contributed by atoms with Crippen LogP contribution in [0.5, 0.6) is 0 Å². The fourth-order valence-electron chi connectivity index (χ4n) is 3.43. The molecule has 0 bridgehead atoms. The molecule has 2 rings (SSSR count). The minimum atomic E-state index is 0.777. The van der Waals surface area contributed by atoms with Crippen molar-refractivity contribution in [3.05, 3.63) is 0 Å². The molecular formula is C15H30N2. The van der Waals surface area contributed by atoms with E-state index < -0.39 is 0 Å². The Morgan fingerprint density at radius 3 is 2.59 bits per heavy atom. The van der Waals surface area contributed by atoms with Crippen molar-refractivity contribution in [2.75, 3.05) is 26.2 Å². The van der Waals surface area contributed by atoms with E-state index >= 15 is 0 Å². The van der Waals surface area contributed by atoms with Crippen molar-refractivity contribution < 1.29 is 0 Å². The van der Waals surface area contributed by atoms with Gasteiger partial charge in [-0.05, 0) is 50.6 Å². The molecule has 0 radical (unpaired) electrons. The van der Waals surface area contributed by atoms with Gasteiger partial charge in [0.05, 0.1) is 0 Å². The summed E-state index contributed by atoms with van der Waals surface area (Å²) in [6.07, 6.45) is 8.77. The van der Waals surface area contributed by atoms with Crippen LogP contribution in [-0.2, 0) is 0 Å². The SMILES string of the molecule is CC(C)CNCC1CCCN1CC1CCCC1. The molecule has 0 spiro atoms. The van der Waals surface area contributed by atoms with Crippen molar-refractivity contribution in [1.29, 1.82) is 0 Å². The van der Waals surface area contributed by atoms with Gasteiger partial charge in [-0.25, -0.2) is 0 Å². The monoisotopic (exact) mass is 238 g/mol.